The van der Waals surface area contributed by atoms with Crippen LogP contribution < -0.4 is 5.32 Å². The number of imidazole rings is 1. The number of hydrogen-bond donors (Lipinski definition) is 3. The molecule has 3 amide bonds. The molecule has 1 aliphatic heterocycles. The zero-order valence-corrected chi connectivity index (χ0v) is 24.5. The van der Waals surface area contributed by atoms with Crippen molar-refractivity contribution in [2.75, 3.05) is 26.7 Å². The Morgan fingerprint density at radius 1 is 1.05 bits per heavy atom. The van der Waals surface area contributed by atoms with Crippen LogP contribution in [-0.2, 0) is 22.6 Å². The maximum Gasteiger partial charge on any atom is 0.335 e. The molecule has 42 heavy (non-hydrogen) atoms. The van der Waals surface area contributed by atoms with E-state index in [0.29, 0.717) is 43.9 Å². The Bertz CT molecular complexity index is 1440. The first-order valence-corrected chi connectivity index (χ1v) is 14.6. The highest BCUT2D eigenvalue weighted by atomic mass is 16.4. The van der Waals surface area contributed by atoms with Gasteiger partial charge in [-0.05, 0) is 48.6 Å². The van der Waals surface area contributed by atoms with Crippen LogP contribution >= 0.6 is 0 Å². The normalized spacial score (nSPS) is 13.3. The Balaban J connectivity index is 1.70. The van der Waals surface area contributed by atoms with Crippen LogP contribution in [0.5, 0.6) is 0 Å². The zero-order valence-electron chi connectivity index (χ0n) is 24.5. The summed E-state index contributed by atoms with van der Waals surface area (Å²) in [6.45, 7) is 6.12. The van der Waals surface area contributed by atoms with E-state index in [4.69, 9.17) is 0 Å². The number of hydrogen-bond acceptors (Lipinski definition) is 5. The molecule has 0 aliphatic carbocycles. The number of carbonyl (C=O) groups excluding carboxylic acids is 3. The van der Waals surface area contributed by atoms with E-state index in [0.717, 1.165) is 31.2 Å². The van der Waals surface area contributed by atoms with Crippen molar-refractivity contribution in [1.29, 1.82) is 0 Å². The fraction of sp³-hybridized carbons (Fsp3) is 0.406. The molecule has 2 heterocycles. The largest absolute Gasteiger partial charge is 0.478 e. The Kier molecular flexibility index (Phi) is 10.1. The highest BCUT2D eigenvalue weighted by molar-refractivity contribution is 6.06. The second-order valence-electron chi connectivity index (χ2n) is 10.6. The van der Waals surface area contributed by atoms with Gasteiger partial charge in [0.25, 0.3) is 5.91 Å². The van der Waals surface area contributed by atoms with Gasteiger partial charge in [-0.3, -0.25) is 14.4 Å². The van der Waals surface area contributed by atoms with Gasteiger partial charge < -0.3 is 25.2 Å². The van der Waals surface area contributed by atoms with Crippen molar-refractivity contribution < 1.29 is 24.3 Å². The lowest BCUT2D eigenvalue weighted by atomic mass is 9.97. The van der Waals surface area contributed by atoms with Gasteiger partial charge in [-0.2, -0.15) is 0 Å². The summed E-state index contributed by atoms with van der Waals surface area (Å²) in [5, 5.41) is 12.3. The SMILES string of the molecule is CCCCN(CCCC)C(=O)C(C(=O)NC)c1cnc(-c2ccc(C(=O)O)cc2C(=O)N2CCc3ccccc3C2)[nH]1. The third kappa shape index (κ3) is 6.70. The van der Waals surface area contributed by atoms with Gasteiger partial charge in [-0.1, -0.05) is 51.0 Å². The molecule has 0 radical (unpaired) electrons. The summed E-state index contributed by atoms with van der Waals surface area (Å²) in [7, 11) is 1.49. The summed E-state index contributed by atoms with van der Waals surface area (Å²) in [6, 6.07) is 12.3. The minimum Gasteiger partial charge on any atom is -0.478 e. The van der Waals surface area contributed by atoms with E-state index in [-0.39, 0.29) is 28.8 Å². The molecular weight excluding hydrogens is 534 g/mol. The van der Waals surface area contributed by atoms with Crippen LogP contribution in [0.25, 0.3) is 11.4 Å². The van der Waals surface area contributed by atoms with Crippen molar-refractivity contribution in [2.24, 2.45) is 0 Å². The molecule has 1 unspecified atom stereocenters. The average molecular weight is 574 g/mol. The molecule has 222 valence electrons. The van der Waals surface area contributed by atoms with Gasteiger partial charge in [-0.15, -0.1) is 0 Å². The number of likely N-dealkylation sites (N-methyl/N-ethyl adjacent to an activating group) is 1. The number of nitrogens with one attached hydrogen (secondary N) is 2. The molecule has 0 spiro atoms. The van der Waals surface area contributed by atoms with Gasteiger partial charge in [0, 0.05) is 45.0 Å². The summed E-state index contributed by atoms with van der Waals surface area (Å²) < 4.78 is 0. The summed E-state index contributed by atoms with van der Waals surface area (Å²) in [5.74, 6) is -3.10. The summed E-state index contributed by atoms with van der Waals surface area (Å²) in [4.78, 5) is 63.4. The molecule has 10 nitrogen and oxygen atoms in total. The van der Waals surface area contributed by atoms with Gasteiger partial charge in [0.1, 0.15) is 5.82 Å². The van der Waals surface area contributed by atoms with Crippen LogP contribution in [0.3, 0.4) is 0 Å². The molecule has 10 heteroatoms. The molecule has 1 atom stereocenters. The topological polar surface area (TPSA) is 136 Å². The van der Waals surface area contributed by atoms with E-state index in [2.05, 4.69) is 29.1 Å². The first-order chi connectivity index (χ1) is 20.3. The number of unbranched alkanes of at least 4 members (excludes halogenated alkanes) is 2. The maximum atomic E-state index is 13.8. The zero-order chi connectivity index (χ0) is 30.2. The molecule has 4 rings (SSSR count). The van der Waals surface area contributed by atoms with Crippen LogP contribution in [0.1, 0.15) is 83.0 Å². The van der Waals surface area contributed by atoms with Crippen molar-refractivity contribution in [3.8, 4) is 11.4 Å². The number of carbonyl (C=O) groups is 4. The molecule has 0 saturated carbocycles. The number of carboxylic acid groups (broad SMARTS) is 1. The second-order valence-corrected chi connectivity index (χ2v) is 10.6. The van der Waals surface area contributed by atoms with Crippen molar-refractivity contribution >= 4 is 23.7 Å². The number of carboxylic acids is 1. The summed E-state index contributed by atoms with van der Waals surface area (Å²) in [5.41, 5.74) is 3.11. The van der Waals surface area contributed by atoms with Gasteiger partial charge in [0.05, 0.1) is 16.8 Å². The number of nitrogens with zero attached hydrogens (tertiary/aromatic N) is 3. The van der Waals surface area contributed by atoms with Crippen molar-refractivity contribution in [1.82, 2.24) is 25.1 Å². The fourth-order valence-corrected chi connectivity index (χ4v) is 5.26. The predicted molar refractivity (Wildman–Crippen MR) is 159 cm³/mol. The number of aromatic nitrogens is 2. The Morgan fingerprint density at radius 3 is 2.38 bits per heavy atom. The minimum absolute atomic E-state index is 0.0211. The number of H-pyrrole nitrogens is 1. The number of aromatic amines is 1. The molecule has 3 aromatic rings. The predicted octanol–water partition coefficient (Wildman–Crippen LogP) is 4.23. The van der Waals surface area contributed by atoms with E-state index in [1.54, 1.807) is 15.9 Å². The van der Waals surface area contributed by atoms with E-state index in [1.807, 2.05) is 24.3 Å². The Hall–Kier alpha value is -4.47. The van der Waals surface area contributed by atoms with E-state index in [1.165, 1.54) is 30.9 Å². The number of fused-ring (bicyclic) bond motifs is 1. The lowest BCUT2D eigenvalue weighted by Gasteiger charge is -2.29. The third-order valence-corrected chi connectivity index (χ3v) is 7.71. The van der Waals surface area contributed by atoms with Crippen molar-refractivity contribution in [3.63, 3.8) is 0 Å². The minimum atomic E-state index is -1.15. The Labute approximate surface area is 246 Å². The molecule has 1 aromatic heterocycles. The van der Waals surface area contributed by atoms with Gasteiger partial charge in [0.2, 0.25) is 11.8 Å². The first kappa shape index (κ1) is 30.5. The van der Waals surface area contributed by atoms with Crippen LogP contribution in [0.4, 0.5) is 0 Å². The second kappa shape index (κ2) is 13.9. The van der Waals surface area contributed by atoms with Gasteiger partial charge >= 0.3 is 5.97 Å². The van der Waals surface area contributed by atoms with Gasteiger partial charge in [0.15, 0.2) is 5.92 Å². The van der Waals surface area contributed by atoms with E-state index in [9.17, 15) is 24.3 Å². The molecule has 2 aromatic carbocycles. The quantitative estimate of drug-likeness (QED) is 0.278. The summed E-state index contributed by atoms with van der Waals surface area (Å²) >= 11 is 0. The van der Waals surface area contributed by atoms with Crippen molar-refractivity contribution in [2.45, 2.75) is 58.4 Å². The van der Waals surface area contributed by atoms with Crippen LogP contribution in [0.2, 0.25) is 0 Å². The van der Waals surface area contributed by atoms with E-state index >= 15 is 0 Å². The number of aromatic carboxylic acids is 1. The molecular formula is C32H39N5O5. The molecule has 0 fully saturated rings. The smallest absolute Gasteiger partial charge is 0.335 e. The number of benzene rings is 2. The third-order valence-electron chi connectivity index (χ3n) is 7.71. The van der Waals surface area contributed by atoms with Crippen molar-refractivity contribution in [3.05, 3.63) is 76.6 Å². The molecule has 0 bridgehead atoms. The Morgan fingerprint density at radius 2 is 1.74 bits per heavy atom. The number of rotatable bonds is 12. The van der Waals surface area contributed by atoms with E-state index < -0.39 is 17.8 Å². The van der Waals surface area contributed by atoms with Gasteiger partial charge in [-0.25, -0.2) is 9.78 Å². The summed E-state index contributed by atoms with van der Waals surface area (Å²) in [6.07, 6.45) is 5.63. The van der Waals surface area contributed by atoms with Crippen LogP contribution in [0, 0.1) is 0 Å². The lowest BCUT2D eigenvalue weighted by Crippen LogP contribution is -2.42. The first-order valence-electron chi connectivity index (χ1n) is 14.6. The standard InChI is InChI=1S/C32H39N5O5/c1-4-6-15-36(16-7-5-2)31(40)27(29(38)33-3)26-19-34-28(35-26)24-13-12-22(32(41)42)18-25(24)30(39)37-17-14-21-10-8-9-11-23(21)20-37/h8-13,18-19,27H,4-7,14-17,20H2,1-3H3,(H,33,38)(H,34,35)(H,41,42). The monoisotopic (exact) mass is 573 g/mol. The average Bonchev–Trinajstić information content (AvgIpc) is 3.49. The maximum absolute atomic E-state index is 13.8. The highest BCUT2D eigenvalue weighted by Gasteiger charge is 2.34. The lowest BCUT2D eigenvalue weighted by molar-refractivity contribution is -0.138. The number of amides is 3. The fourth-order valence-electron chi connectivity index (χ4n) is 5.26. The molecule has 0 saturated heterocycles. The molecule has 3 N–H and O–H groups in total. The van der Waals surface area contributed by atoms with Crippen LogP contribution in [0.15, 0.2) is 48.7 Å². The van der Waals surface area contributed by atoms with Crippen LogP contribution in [-0.4, -0.2) is 75.2 Å². The highest BCUT2D eigenvalue weighted by Crippen LogP contribution is 2.29. The molecule has 1 aliphatic rings.